The Morgan fingerprint density at radius 3 is 2.94 bits per heavy atom. The van der Waals surface area contributed by atoms with Gasteiger partial charge in [-0.25, -0.2) is 0 Å². The SMILES string of the molecule is COCCC(C)Oc1cccc2c1CC/C2=N\O. The van der Waals surface area contributed by atoms with E-state index in [1.807, 2.05) is 25.1 Å². The summed E-state index contributed by atoms with van der Waals surface area (Å²) in [6.07, 6.45) is 2.63. The van der Waals surface area contributed by atoms with Gasteiger partial charge in [-0.2, -0.15) is 0 Å². The van der Waals surface area contributed by atoms with Gasteiger partial charge in [-0.15, -0.1) is 0 Å². The molecule has 1 N–H and O–H groups in total. The van der Waals surface area contributed by atoms with Crippen LogP contribution in [0.4, 0.5) is 0 Å². The predicted octanol–water partition coefficient (Wildman–Crippen LogP) is 2.61. The largest absolute Gasteiger partial charge is 0.490 e. The lowest BCUT2D eigenvalue weighted by atomic mass is 10.1. The van der Waals surface area contributed by atoms with Gasteiger partial charge in [0, 0.05) is 31.3 Å². The molecule has 0 saturated carbocycles. The lowest BCUT2D eigenvalue weighted by Crippen LogP contribution is -2.15. The first-order valence-electron chi connectivity index (χ1n) is 6.25. The molecule has 98 valence electrons. The van der Waals surface area contributed by atoms with Gasteiger partial charge in [0.2, 0.25) is 0 Å². The Morgan fingerprint density at radius 2 is 2.22 bits per heavy atom. The second-order valence-electron chi connectivity index (χ2n) is 4.54. The molecule has 0 amide bonds. The van der Waals surface area contributed by atoms with Crippen molar-refractivity contribution in [2.75, 3.05) is 13.7 Å². The normalized spacial score (nSPS) is 17.8. The molecular weight excluding hydrogens is 230 g/mol. The van der Waals surface area contributed by atoms with Crippen molar-refractivity contribution < 1.29 is 14.7 Å². The monoisotopic (exact) mass is 249 g/mol. The van der Waals surface area contributed by atoms with E-state index < -0.39 is 0 Å². The number of oxime groups is 1. The Bertz CT molecular complexity index is 443. The van der Waals surface area contributed by atoms with E-state index in [0.717, 1.165) is 41.9 Å². The van der Waals surface area contributed by atoms with Crippen LogP contribution in [0.1, 0.15) is 30.9 Å². The quantitative estimate of drug-likeness (QED) is 0.644. The van der Waals surface area contributed by atoms with E-state index in [9.17, 15) is 0 Å². The van der Waals surface area contributed by atoms with Crippen LogP contribution >= 0.6 is 0 Å². The number of nitrogens with zero attached hydrogens (tertiary/aromatic N) is 1. The zero-order valence-electron chi connectivity index (χ0n) is 10.8. The Kier molecular flexibility index (Phi) is 4.20. The minimum absolute atomic E-state index is 0.117. The van der Waals surface area contributed by atoms with E-state index in [1.54, 1.807) is 7.11 Å². The van der Waals surface area contributed by atoms with Gasteiger partial charge in [0.25, 0.3) is 0 Å². The molecule has 1 aromatic rings. The summed E-state index contributed by atoms with van der Waals surface area (Å²) in [6.45, 7) is 2.73. The topological polar surface area (TPSA) is 51.0 Å². The van der Waals surface area contributed by atoms with Crippen LogP contribution in [0.3, 0.4) is 0 Å². The van der Waals surface area contributed by atoms with Gasteiger partial charge >= 0.3 is 0 Å². The van der Waals surface area contributed by atoms with Gasteiger partial charge in [0.1, 0.15) is 5.75 Å². The van der Waals surface area contributed by atoms with E-state index in [0.29, 0.717) is 6.61 Å². The predicted molar refractivity (Wildman–Crippen MR) is 69.7 cm³/mol. The summed E-state index contributed by atoms with van der Waals surface area (Å²) in [6, 6.07) is 5.89. The van der Waals surface area contributed by atoms with Gasteiger partial charge in [-0.1, -0.05) is 17.3 Å². The number of hydrogen-bond donors (Lipinski definition) is 1. The van der Waals surface area contributed by atoms with Crippen molar-refractivity contribution in [3.8, 4) is 5.75 Å². The van der Waals surface area contributed by atoms with Crippen LogP contribution in [0.25, 0.3) is 0 Å². The molecule has 0 aromatic heterocycles. The smallest absolute Gasteiger partial charge is 0.123 e. The molecule has 0 saturated heterocycles. The fourth-order valence-electron chi connectivity index (χ4n) is 2.25. The molecular formula is C14H19NO3. The molecule has 0 aliphatic heterocycles. The average molecular weight is 249 g/mol. The van der Waals surface area contributed by atoms with Gasteiger partial charge < -0.3 is 14.7 Å². The van der Waals surface area contributed by atoms with E-state index in [-0.39, 0.29) is 6.10 Å². The number of methoxy groups -OCH3 is 1. The Labute approximate surface area is 107 Å². The number of hydrogen-bond acceptors (Lipinski definition) is 4. The van der Waals surface area contributed by atoms with Gasteiger partial charge in [-0.3, -0.25) is 0 Å². The number of rotatable bonds is 5. The molecule has 1 atom stereocenters. The van der Waals surface area contributed by atoms with Crippen LogP contribution in [0.5, 0.6) is 5.75 Å². The Hall–Kier alpha value is -1.55. The van der Waals surface area contributed by atoms with Crippen molar-refractivity contribution in [2.24, 2.45) is 5.16 Å². The van der Waals surface area contributed by atoms with Crippen molar-refractivity contribution in [1.82, 2.24) is 0 Å². The molecule has 0 heterocycles. The van der Waals surface area contributed by atoms with Crippen LogP contribution in [0.15, 0.2) is 23.4 Å². The van der Waals surface area contributed by atoms with Crippen LogP contribution in [-0.4, -0.2) is 30.7 Å². The third-order valence-electron chi connectivity index (χ3n) is 3.23. The maximum atomic E-state index is 8.93. The number of benzene rings is 1. The van der Waals surface area contributed by atoms with Crippen molar-refractivity contribution in [2.45, 2.75) is 32.3 Å². The van der Waals surface area contributed by atoms with E-state index in [1.165, 1.54) is 0 Å². The first kappa shape index (κ1) is 12.9. The zero-order chi connectivity index (χ0) is 13.0. The summed E-state index contributed by atoms with van der Waals surface area (Å²) in [4.78, 5) is 0. The molecule has 1 aromatic carbocycles. The first-order valence-corrected chi connectivity index (χ1v) is 6.25. The molecule has 0 spiro atoms. The third-order valence-corrected chi connectivity index (χ3v) is 3.23. The summed E-state index contributed by atoms with van der Waals surface area (Å²) < 4.78 is 11.0. The Morgan fingerprint density at radius 1 is 1.39 bits per heavy atom. The summed E-state index contributed by atoms with van der Waals surface area (Å²) in [5.41, 5.74) is 2.91. The molecule has 0 fully saturated rings. The molecule has 18 heavy (non-hydrogen) atoms. The molecule has 1 unspecified atom stereocenters. The Balaban J connectivity index is 2.13. The summed E-state index contributed by atoms with van der Waals surface area (Å²) in [7, 11) is 1.69. The fourth-order valence-corrected chi connectivity index (χ4v) is 2.25. The molecule has 4 nitrogen and oxygen atoms in total. The minimum Gasteiger partial charge on any atom is -0.490 e. The van der Waals surface area contributed by atoms with E-state index >= 15 is 0 Å². The average Bonchev–Trinajstić information content (AvgIpc) is 2.80. The molecule has 0 radical (unpaired) electrons. The van der Waals surface area contributed by atoms with Gasteiger partial charge in [0.15, 0.2) is 0 Å². The fraction of sp³-hybridized carbons (Fsp3) is 0.500. The van der Waals surface area contributed by atoms with Crippen molar-refractivity contribution in [3.63, 3.8) is 0 Å². The second kappa shape index (κ2) is 5.87. The molecule has 1 aliphatic rings. The zero-order valence-corrected chi connectivity index (χ0v) is 10.8. The standard InChI is InChI=1S/C14H19NO3/c1-10(8-9-17-2)18-14-5-3-4-11-12(14)6-7-13(11)15-16/h3-5,10,16H,6-9H2,1-2H3/b15-13+. The first-order chi connectivity index (χ1) is 8.76. The maximum Gasteiger partial charge on any atom is 0.123 e. The van der Waals surface area contributed by atoms with Crippen LogP contribution in [0, 0.1) is 0 Å². The van der Waals surface area contributed by atoms with E-state index in [2.05, 4.69) is 5.16 Å². The van der Waals surface area contributed by atoms with Gasteiger partial charge in [0.05, 0.1) is 11.8 Å². The van der Waals surface area contributed by atoms with E-state index in [4.69, 9.17) is 14.7 Å². The lowest BCUT2D eigenvalue weighted by molar-refractivity contribution is 0.134. The lowest BCUT2D eigenvalue weighted by Gasteiger charge is -2.16. The number of fused-ring (bicyclic) bond motifs is 1. The highest BCUT2D eigenvalue weighted by atomic mass is 16.5. The second-order valence-corrected chi connectivity index (χ2v) is 4.54. The highest BCUT2D eigenvalue weighted by Gasteiger charge is 2.22. The maximum absolute atomic E-state index is 8.93. The molecule has 4 heteroatoms. The number of ether oxygens (including phenoxy) is 2. The third kappa shape index (κ3) is 2.64. The highest BCUT2D eigenvalue weighted by molar-refractivity contribution is 6.04. The molecule has 2 rings (SSSR count). The van der Waals surface area contributed by atoms with Gasteiger partial charge in [-0.05, 0) is 25.8 Å². The molecule has 1 aliphatic carbocycles. The van der Waals surface area contributed by atoms with Crippen molar-refractivity contribution in [1.29, 1.82) is 0 Å². The minimum atomic E-state index is 0.117. The van der Waals surface area contributed by atoms with Crippen molar-refractivity contribution in [3.05, 3.63) is 29.3 Å². The molecule has 0 bridgehead atoms. The summed E-state index contributed by atoms with van der Waals surface area (Å²) in [5.74, 6) is 0.898. The van der Waals surface area contributed by atoms with Crippen LogP contribution in [0.2, 0.25) is 0 Å². The van der Waals surface area contributed by atoms with Crippen molar-refractivity contribution >= 4 is 5.71 Å². The highest BCUT2D eigenvalue weighted by Crippen LogP contribution is 2.31. The van der Waals surface area contributed by atoms with Crippen LogP contribution in [-0.2, 0) is 11.2 Å². The summed E-state index contributed by atoms with van der Waals surface area (Å²) in [5, 5.41) is 12.3. The summed E-state index contributed by atoms with van der Waals surface area (Å²) >= 11 is 0. The van der Waals surface area contributed by atoms with Crippen LogP contribution < -0.4 is 4.74 Å².